The third kappa shape index (κ3) is 1.73. The van der Waals surface area contributed by atoms with Gasteiger partial charge >= 0.3 is 0 Å². The molecule has 0 saturated carbocycles. The van der Waals surface area contributed by atoms with Crippen LogP contribution in [0.4, 0.5) is 5.69 Å². The number of oxazole rings is 1. The van der Waals surface area contributed by atoms with Crippen molar-refractivity contribution >= 4 is 28.6 Å². The third-order valence-corrected chi connectivity index (χ3v) is 4.13. The topological polar surface area (TPSA) is 63.4 Å². The van der Waals surface area contributed by atoms with Crippen molar-refractivity contribution in [3.8, 4) is 0 Å². The lowest BCUT2D eigenvalue weighted by Gasteiger charge is -2.14. The van der Waals surface area contributed by atoms with Gasteiger partial charge in [0.1, 0.15) is 5.52 Å². The number of carbonyl (C=O) groups excluding carboxylic acids is 2. The Morgan fingerprint density at radius 1 is 1.10 bits per heavy atom. The number of hydrogen-bond acceptors (Lipinski definition) is 4. The van der Waals surface area contributed by atoms with Crippen molar-refractivity contribution in [3.63, 3.8) is 0 Å². The number of amides is 2. The zero-order valence-electron chi connectivity index (χ0n) is 11.7. The molecule has 1 aromatic carbocycles. The normalized spacial score (nSPS) is 18.8. The second-order valence-corrected chi connectivity index (χ2v) is 5.49. The van der Waals surface area contributed by atoms with Crippen LogP contribution >= 0.6 is 0 Å². The fourth-order valence-electron chi connectivity index (χ4n) is 3.14. The van der Waals surface area contributed by atoms with E-state index in [9.17, 15) is 9.59 Å². The van der Waals surface area contributed by atoms with Crippen molar-refractivity contribution in [2.24, 2.45) is 0 Å². The van der Waals surface area contributed by atoms with Crippen LogP contribution in [0.1, 0.15) is 31.6 Å². The Morgan fingerprint density at radius 2 is 1.76 bits per heavy atom. The van der Waals surface area contributed by atoms with E-state index in [1.165, 1.54) is 4.90 Å². The number of imide groups is 1. The zero-order chi connectivity index (χ0) is 14.6. The highest BCUT2D eigenvalue weighted by Gasteiger charge is 2.39. The van der Waals surface area contributed by atoms with Crippen molar-refractivity contribution in [1.29, 1.82) is 0 Å². The van der Waals surface area contributed by atoms with Gasteiger partial charge in [-0.15, -0.1) is 0 Å². The van der Waals surface area contributed by atoms with Crippen LogP contribution in [0.2, 0.25) is 0 Å². The van der Waals surface area contributed by atoms with Crippen molar-refractivity contribution in [2.75, 3.05) is 4.90 Å². The quantitative estimate of drug-likeness (QED) is 0.754. The number of aryl methyl sites for hydroxylation is 1. The van der Waals surface area contributed by atoms with Crippen LogP contribution in [0.3, 0.4) is 0 Å². The molecule has 0 bridgehead atoms. The highest BCUT2D eigenvalue weighted by molar-refractivity contribution is 6.33. The first-order chi connectivity index (χ1) is 10.1. The van der Waals surface area contributed by atoms with Crippen LogP contribution in [0.15, 0.2) is 33.8 Å². The lowest BCUT2D eigenvalue weighted by molar-refractivity contribution is -0.120. The number of hydrogen-bond donors (Lipinski definition) is 0. The summed E-state index contributed by atoms with van der Waals surface area (Å²) in [6, 6.07) is 5.23. The Bertz CT molecular complexity index is 788. The highest BCUT2D eigenvalue weighted by atomic mass is 16.3. The van der Waals surface area contributed by atoms with E-state index in [0.29, 0.717) is 46.7 Å². The lowest BCUT2D eigenvalue weighted by atomic mass is 9.93. The Kier molecular flexibility index (Phi) is 2.51. The molecule has 4 rings (SSSR count). The fourth-order valence-corrected chi connectivity index (χ4v) is 3.14. The molecule has 0 N–H and O–H groups in total. The maximum Gasteiger partial charge on any atom is 0.261 e. The Hall–Kier alpha value is -2.43. The van der Waals surface area contributed by atoms with Gasteiger partial charge in [0.15, 0.2) is 11.5 Å². The minimum Gasteiger partial charge on any atom is -0.441 e. The molecular weight excluding hydrogens is 268 g/mol. The van der Waals surface area contributed by atoms with Gasteiger partial charge in [-0.3, -0.25) is 9.59 Å². The maximum atomic E-state index is 12.5. The summed E-state index contributed by atoms with van der Waals surface area (Å²) in [6.45, 7) is 1.77. The van der Waals surface area contributed by atoms with Crippen molar-refractivity contribution in [1.82, 2.24) is 4.98 Å². The summed E-state index contributed by atoms with van der Waals surface area (Å²) >= 11 is 0. The van der Waals surface area contributed by atoms with Gasteiger partial charge in [0, 0.05) is 18.1 Å². The largest absolute Gasteiger partial charge is 0.441 e. The smallest absolute Gasteiger partial charge is 0.261 e. The van der Waals surface area contributed by atoms with Crippen LogP contribution in [0, 0.1) is 6.92 Å². The molecule has 2 amide bonds. The summed E-state index contributed by atoms with van der Waals surface area (Å²) in [4.78, 5) is 30.5. The summed E-state index contributed by atoms with van der Waals surface area (Å²) in [5.74, 6) is 0.224. The number of anilines is 1. The molecule has 0 unspecified atom stereocenters. The van der Waals surface area contributed by atoms with Crippen molar-refractivity contribution in [3.05, 3.63) is 35.2 Å². The molecule has 5 heteroatoms. The average molecular weight is 282 g/mol. The Morgan fingerprint density at radius 3 is 2.43 bits per heavy atom. The molecule has 21 heavy (non-hydrogen) atoms. The second kappa shape index (κ2) is 4.28. The molecule has 5 nitrogen and oxygen atoms in total. The molecule has 106 valence electrons. The van der Waals surface area contributed by atoms with Gasteiger partial charge in [0.05, 0.1) is 5.69 Å². The lowest BCUT2D eigenvalue weighted by Crippen LogP contribution is -2.31. The van der Waals surface area contributed by atoms with Gasteiger partial charge in [-0.05, 0) is 43.9 Å². The van der Waals surface area contributed by atoms with E-state index < -0.39 is 0 Å². The zero-order valence-corrected chi connectivity index (χ0v) is 11.7. The van der Waals surface area contributed by atoms with Crippen molar-refractivity contribution in [2.45, 2.75) is 32.6 Å². The SMILES string of the molecule is Cc1nc2cc(N3C(=O)C4=C(CCCC4)C3=O)ccc2o1. The number of nitrogens with zero attached hydrogens (tertiary/aromatic N) is 2. The first-order valence-electron chi connectivity index (χ1n) is 7.13. The summed E-state index contributed by atoms with van der Waals surface area (Å²) in [6.07, 6.45) is 3.38. The van der Waals surface area contributed by atoms with E-state index in [1.807, 2.05) is 0 Å². The summed E-state index contributed by atoms with van der Waals surface area (Å²) < 4.78 is 5.42. The Labute approximate surface area is 121 Å². The molecule has 0 saturated heterocycles. The van der Waals surface area contributed by atoms with Crippen LogP contribution in [-0.4, -0.2) is 16.8 Å². The minimum absolute atomic E-state index is 0.172. The standard InChI is InChI=1S/C16H14N2O3/c1-9-17-13-8-10(6-7-14(13)21-9)18-15(19)11-4-2-3-5-12(11)16(18)20/h6-8H,2-5H2,1H3. The third-order valence-electron chi connectivity index (χ3n) is 4.13. The van der Waals surface area contributed by atoms with Crippen LogP contribution in [0.25, 0.3) is 11.1 Å². The predicted octanol–water partition coefficient (Wildman–Crippen LogP) is 2.88. The van der Waals surface area contributed by atoms with E-state index in [-0.39, 0.29) is 11.8 Å². The van der Waals surface area contributed by atoms with E-state index in [1.54, 1.807) is 25.1 Å². The molecule has 2 aliphatic rings. The van der Waals surface area contributed by atoms with E-state index >= 15 is 0 Å². The van der Waals surface area contributed by atoms with Gasteiger partial charge in [-0.1, -0.05) is 0 Å². The minimum atomic E-state index is -0.172. The highest BCUT2D eigenvalue weighted by Crippen LogP contribution is 2.36. The molecule has 2 heterocycles. The predicted molar refractivity (Wildman–Crippen MR) is 76.7 cm³/mol. The fraction of sp³-hybridized carbons (Fsp3) is 0.312. The molecule has 2 aromatic rings. The number of carbonyl (C=O) groups is 2. The number of fused-ring (bicyclic) bond motifs is 1. The summed E-state index contributed by atoms with van der Waals surface area (Å²) in [7, 11) is 0. The molecular formula is C16H14N2O3. The van der Waals surface area contributed by atoms with Crippen LogP contribution in [0.5, 0.6) is 0 Å². The average Bonchev–Trinajstić information content (AvgIpc) is 2.97. The number of rotatable bonds is 1. The summed E-state index contributed by atoms with van der Waals surface area (Å²) in [5, 5.41) is 0. The first-order valence-corrected chi connectivity index (χ1v) is 7.13. The van der Waals surface area contributed by atoms with Gasteiger partial charge in [-0.25, -0.2) is 9.88 Å². The van der Waals surface area contributed by atoms with Gasteiger partial charge in [0.25, 0.3) is 11.8 Å². The van der Waals surface area contributed by atoms with Gasteiger partial charge in [-0.2, -0.15) is 0 Å². The van der Waals surface area contributed by atoms with Crippen LogP contribution in [-0.2, 0) is 9.59 Å². The molecule has 0 atom stereocenters. The number of benzene rings is 1. The molecule has 0 spiro atoms. The van der Waals surface area contributed by atoms with Crippen molar-refractivity contribution < 1.29 is 14.0 Å². The molecule has 0 fully saturated rings. The van der Waals surface area contributed by atoms with E-state index in [4.69, 9.17) is 4.42 Å². The van der Waals surface area contributed by atoms with Gasteiger partial charge in [0.2, 0.25) is 0 Å². The van der Waals surface area contributed by atoms with E-state index in [2.05, 4.69) is 4.98 Å². The molecule has 0 radical (unpaired) electrons. The first kappa shape index (κ1) is 12.3. The maximum absolute atomic E-state index is 12.5. The second-order valence-electron chi connectivity index (χ2n) is 5.49. The summed E-state index contributed by atoms with van der Waals surface area (Å²) in [5.41, 5.74) is 3.29. The van der Waals surface area contributed by atoms with Crippen LogP contribution < -0.4 is 4.90 Å². The molecule has 1 aliphatic heterocycles. The molecule has 1 aromatic heterocycles. The monoisotopic (exact) mass is 282 g/mol. The van der Waals surface area contributed by atoms with Gasteiger partial charge < -0.3 is 4.42 Å². The van der Waals surface area contributed by atoms with E-state index in [0.717, 1.165) is 12.8 Å². The Balaban J connectivity index is 1.78. The number of aromatic nitrogens is 1. The molecule has 1 aliphatic carbocycles.